The van der Waals surface area contributed by atoms with Crippen molar-refractivity contribution in [1.82, 2.24) is 9.97 Å². The van der Waals surface area contributed by atoms with Gasteiger partial charge in [-0.05, 0) is 18.2 Å². The van der Waals surface area contributed by atoms with E-state index in [4.69, 9.17) is 5.11 Å². The van der Waals surface area contributed by atoms with Gasteiger partial charge in [-0.1, -0.05) is 0 Å². The molecule has 1 aromatic heterocycles. The Morgan fingerprint density at radius 1 is 1.47 bits per heavy atom. The van der Waals surface area contributed by atoms with Gasteiger partial charge in [0.25, 0.3) is 0 Å². The molecule has 0 bridgehead atoms. The van der Waals surface area contributed by atoms with Crippen molar-refractivity contribution in [3.05, 3.63) is 30.0 Å². The first-order chi connectivity index (χ1) is 8.20. The first kappa shape index (κ1) is 11.3. The minimum absolute atomic E-state index is 0.152. The van der Waals surface area contributed by atoms with Gasteiger partial charge in [-0.25, -0.2) is 19.2 Å². The summed E-state index contributed by atoms with van der Waals surface area (Å²) in [5, 5.41) is 12.2. The van der Waals surface area contributed by atoms with Crippen LogP contribution in [0.25, 0.3) is 10.9 Å². The molecule has 2 N–H and O–H groups in total. The van der Waals surface area contributed by atoms with Crippen molar-refractivity contribution >= 4 is 22.8 Å². The van der Waals surface area contributed by atoms with E-state index in [1.165, 1.54) is 18.3 Å². The fourth-order valence-corrected chi connectivity index (χ4v) is 1.41. The molecule has 2 aromatic rings. The van der Waals surface area contributed by atoms with Crippen molar-refractivity contribution in [2.75, 3.05) is 18.5 Å². The molecular weight excluding hydrogens is 225 g/mol. The second-order valence-corrected chi connectivity index (χ2v) is 3.39. The zero-order valence-corrected chi connectivity index (χ0v) is 8.85. The summed E-state index contributed by atoms with van der Waals surface area (Å²) in [5.74, 6) is -0.662. The molecular formula is C11H10FN3O2. The van der Waals surface area contributed by atoms with E-state index in [9.17, 15) is 9.18 Å². The standard InChI is InChI=1S/C11H10FN3O2/c12-3-4-13-11-14-6-8-5-7(10(16)17)1-2-9(8)15-11/h1-2,5-6H,3-4H2,(H,16,17)(H,13,14,15). The Morgan fingerprint density at radius 2 is 2.29 bits per heavy atom. The van der Waals surface area contributed by atoms with Gasteiger partial charge in [0.1, 0.15) is 6.67 Å². The molecule has 0 saturated heterocycles. The van der Waals surface area contributed by atoms with Crippen molar-refractivity contribution < 1.29 is 14.3 Å². The van der Waals surface area contributed by atoms with Crippen molar-refractivity contribution in [3.63, 3.8) is 0 Å². The number of nitrogens with one attached hydrogen (secondary N) is 1. The topological polar surface area (TPSA) is 75.1 Å². The first-order valence-electron chi connectivity index (χ1n) is 5.00. The number of rotatable bonds is 4. The van der Waals surface area contributed by atoms with Gasteiger partial charge in [-0.15, -0.1) is 0 Å². The Balaban J connectivity index is 2.36. The van der Waals surface area contributed by atoms with Gasteiger partial charge in [0, 0.05) is 18.1 Å². The number of aromatic nitrogens is 2. The van der Waals surface area contributed by atoms with Crippen LogP contribution in [0.5, 0.6) is 0 Å². The molecule has 2 rings (SSSR count). The lowest BCUT2D eigenvalue weighted by Gasteiger charge is -2.03. The molecule has 0 aliphatic rings. The quantitative estimate of drug-likeness (QED) is 0.843. The molecule has 1 aromatic carbocycles. The molecule has 0 amide bonds. The molecule has 0 atom stereocenters. The highest BCUT2D eigenvalue weighted by Gasteiger charge is 2.05. The van der Waals surface area contributed by atoms with Gasteiger partial charge >= 0.3 is 5.97 Å². The van der Waals surface area contributed by atoms with Crippen LogP contribution in [0.3, 0.4) is 0 Å². The lowest BCUT2D eigenvalue weighted by Crippen LogP contribution is -2.06. The number of fused-ring (bicyclic) bond motifs is 1. The number of aromatic carboxylic acids is 1. The average molecular weight is 235 g/mol. The van der Waals surface area contributed by atoms with E-state index in [1.54, 1.807) is 6.07 Å². The normalized spacial score (nSPS) is 10.4. The SMILES string of the molecule is O=C(O)c1ccc2nc(NCCF)ncc2c1. The summed E-state index contributed by atoms with van der Waals surface area (Å²) in [6.07, 6.45) is 1.51. The molecule has 0 spiro atoms. The number of alkyl halides is 1. The second-order valence-electron chi connectivity index (χ2n) is 3.39. The number of benzene rings is 1. The van der Waals surface area contributed by atoms with Crippen LogP contribution in [0.15, 0.2) is 24.4 Å². The molecule has 17 heavy (non-hydrogen) atoms. The largest absolute Gasteiger partial charge is 0.478 e. The Labute approximate surface area is 96.3 Å². The highest BCUT2D eigenvalue weighted by Crippen LogP contribution is 2.14. The third-order valence-electron chi connectivity index (χ3n) is 2.20. The molecule has 0 fully saturated rings. The number of hydrogen-bond donors (Lipinski definition) is 2. The van der Waals surface area contributed by atoms with E-state index in [1.807, 2.05) is 0 Å². The molecule has 6 heteroatoms. The van der Waals surface area contributed by atoms with Crippen LogP contribution in [0.2, 0.25) is 0 Å². The second kappa shape index (κ2) is 4.73. The Hall–Kier alpha value is -2.24. The minimum atomic E-state index is -0.994. The maximum absolute atomic E-state index is 12.0. The van der Waals surface area contributed by atoms with Crippen molar-refractivity contribution in [2.45, 2.75) is 0 Å². The Morgan fingerprint density at radius 3 is 3.00 bits per heavy atom. The van der Waals surface area contributed by atoms with Gasteiger partial charge in [0.2, 0.25) is 5.95 Å². The maximum Gasteiger partial charge on any atom is 0.335 e. The zero-order valence-electron chi connectivity index (χ0n) is 8.85. The summed E-state index contributed by atoms with van der Waals surface area (Å²) in [6.45, 7) is -0.349. The third-order valence-corrected chi connectivity index (χ3v) is 2.20. The van der Waals surface area contributed by atoms with Gasteiger partial charge < -0.3 is 10.4 Å². The van der Waals surface area contributed by atoms with Crippen molar-refractivity contribution in [3.8, 4) is 0 Å². The average Bonchev–Trinajstić information content (AvgIpc) is 2.35. The minimum Gasteiger partial charge on any atom is -0.478 e. The van der Waals surface area contributed by atoms with Crippen LogP contribution in [0.4, 0.5) is 10.3 Å². The number of nitrogens with zero attached hydrogens (tertiary/aromatic N) is 2. The van der Waals surface area contributed by atoms with E-state index >= 15 is 0 Å². The number of carboxylic acid groups (broad SMARTS) is 1. The third kappa shape index (κ3) is 2.47. The van der Waals surface area contributed by atoms with Gasteiger partial charge in [0.15, 0.2) is 0 Å². The summed E-state index contributed by atoms with van der Waals surface area (Å²) < 4.78 is 12.0. The predicted molar refractivity (Wildman–Crippen MR) is 61.0 cm³/mol. The Bertz CT molecular complexity index is 559. The van der Waals surface area contributed by atoms with Crippen molar-refractivity contribution in [1.29, 1.82) is 0 Å². The highest BCUT2D eigenvalue weighted by atomic mass is 19.1. The van der Waals surface area contributed by atoms with Crippen LogP contribution in [0, 0.1) is 0 Å². The molecule has 0 unspecified atom stereocenters. The highest BCUT2D eigenvalue weighted by molar-refractivity contribution is 5.93. The van der Waals surface area contributed by atoms with Crippen molar-refractivity contribution in [2.24, 2.45) is 0 Å². The molecule has 5 nitrogen and oxygen atoms in total. The number of carboxylic acids is 1. The lowest BCUT2D eigenvalue weighted by molar-refractivity contribution is 0.0697. The molecule has 0 saturated carbocycles. The van der Waals surface area contributed by atoms with Crippen LogP contribution >= 0.6 is 0 Å². The fraction of sp³-hybridized carbons (Fsp3) is 0.182. The van der Waals surface area contributed by atoms with Crippen LogP contribution in [0.1, 0.15) is 10.4 Å². The van der Waals surface area contributed by atoms with Gasteiger partial charge in [-0.2, -0.15) is 0 Å². The summed E-state index contributed by atoms with van der Waals surface area (Å²) >= 11 is 0. The summed E-state index contributed by atoms with van der Waals surface area (Å²) in [4.78, 5) is 18.9. The summed E-state index contributed by atoms with van der Waals surface area (Å²) in [7, 11) is 0. The summed E-state index contributed by atoms with van der Waals surface area (Å²) in [5.41, 5.74) is 0.803. The van der Waals surface area contributed by atoms with Gasteiger partial charge in [0.05, 0.1) is 11.1 Å². The first-order valence-corrected chi connectivity index (χ1v) is 5.00. The zero-order chi connectivity index (χ0) is 12.3. The molecule has 0 aliphatic heterocycles. The number of halogens is 1. The van der Waals surface area contributed by atoms with E-state index in [0.717, 1.165) is 0 Å². The Kier molecular flexibility index (Phi) is 3.13. The van der Waals surface area contributed by atoms with Crippen LogP contribution < -0.4 is 5.32 Å². The molecule has 88 valence electrons. The van der Waals surface area contributed by atoms with E-state index in [0.29, 0.717) is 16.9 Å². The van der Waals surface area contributed by atoms with E-state index in [-0.39, 0.29) is 12.1 Å². The number of carbonyl (C=O) groups is 1. The number of anilines is 1. The fourth-order valence-electron chi connectivity index (χ4n) is 1.41. The van der Waals surface area contributed by atoms with Crippen LogP contribution in [-0.2, 0) is 0 Å². The maximum atomic E-state index is 12.0. The number of hydrogen-bond acceptors (Lipinski definition) is 4. The van der Waals surface area contributed by atoms with Crippen LogP contribution in [-0.4, -0.2) is 34.3 Å². The molecule has 0 aliphatic carbocycles. The predicted octanol–water partition coefficient (Wildman–Crippen LogP) is 1.71. The van der Waals surface area contributed by atoms with E-state index in [2.05, 4.69) is 15.3 Å². The monoisotopic (exact) mass is 235 g/mol. The smallest absolute Gasteiger partial charge is 0.335 e. The molecule has 0 radical (unpaired) electrons. The lowest BCUT2D eigenvalue weighted by atomic mass is 10.1. The van der Waals surface area contributed by atoms with E-state index < -0.39 is 12.6 Å². The van der Waals surface area contributed by atoms with Gasteiger partial charge in [-0.3, -0.25) is 0 Å². The molecule has 1 heterocycles. The summed E-state index contributed by atoms with van der Waals surface area (Å²) in [6, 6.07) is 4.56.